The Morgan fingerprint density at radius 2 is 1.50 bits per heavy atom. The standard InChI is InChI=1S/C24H28O4/c1-4-26-20(3)28-19-24(21-13-8-6-9-14-21,22-15-10-7-11-16-22)18-12-17-23(25)27-5-2/h6-11,13-16,20H,4-5,18-19H2,1-3H3. The largest absolute Gasteiger partial charge is 0.456 e. The van der Waals surface area contributed by atoms with Gasteiger partial charge in [0.25, 0.3) is 0 Å². The second-order valence-electron chi connectivity index (χ2n) is 6.35. The molecule has 0 fully saturated rings. The van der Waals surface area contributed by atoms with Crippen LogP contribution in [0, 0.1) is 11.8 Å². The van der Waals surface area contributed by atoms with Crippen LogP contribution >= 0.6 is 0 Å². The van der Waals surface area contributed by atoms with Crippen LogP contribution in [0.25, 0.3) is 0 Å². The molecule has 0 bridgehead atoms. The minimum absolute atomic E-state index is 0.311. The molecule has 1 unspecified atom stereocenters. The molecule has 0 spiro atoms. The van der Waals surface area contributed by atoms with Gasteiger partial charge in [-0.2, -0.15) is 0 Å². The van der Waals surface area contributed by atoms with Gasteiger partial charge in [0, 0.05) is 18.9 Å². The lowest BCUT2D eigenvalue weighted by molar-refractivity contribution is -0.136. The summed E-state index contributed by atoms with van der Waals surface area (Å²) in [6.45, 7) is 6.85. The van der Waals surface area contributed by atoms with Crippen molar-refractivity contribution in [2.75, 3.05) is 19.8 Å². The van der Waals surface area contributed by atoms with Crippen LogP contribution < -0.4 is 0 Å². The van der Waals surface area contributed by atoms with E-state index in [0.717, 1.165) is 11.1 Å². The number of carbonyl (C=O) groups is 1. The SMILES string of the molecule is CCOC(=O)C#CCC(COC(C)OCC)(c1ccccc1)c1ccccc1. The molecule has 2 rings (SSSR count). The summed E-state index contributed by atoms with van der Waals surface area (Å²) in [4.78, 5) is 11.7. The number of hydrogen-bond acceptors (Lipinski definition) is 4. The highest BCUT2D eigenvalue weighted by Crippen LogP contribution is 2.36. The highest BCUT2D eigenvalue weighted by molar-refractivity contribution is 5.88. The monoisotopic (exact) mass is 380 g/mol. The van der Waals surface area contributed by atoms with Crippen LogP contribution in [-0.4, -0.2) is 32.1 Å². The van der Waals surface area contributed by atoms with Crippen molar-refractivity contribution in [1.82, 2.24) is 0 Å². The first-order valence-corrected chi connectivity index (χ1v) is 9.62. The average Bonchev–Trinajstić information content (AvgIpc) is 2.72. The molecule has 0 N–H and O–H groups in total. The first-order valence-electron chi connectivity index (χ1n) is 9.62. The zero-order valence-corrected chi connectivity index (χ0v) is 16.8. The van der Waals surface area contributed by atoms with E-state index in [2.05, 4.69) is 36.1 Å². The number of rotatable bonds is 9. The summed E-state index contributed by atoms with van der Waals surface area (Å²) >= 11 is 0. The number of esters is 1. The van der Waals surface area contributed by atoms with Crippen LogP contribution in [0.15, 0.2) is 60.7 Å². The Morgan fingerprint density at radius 1 is 0.929 bits per heavy atom. The normalized spacial score (nSPS) is 12.0. The third-order valence-corrected chi connectivity index (χ3v) is 4.47. The minimum atomic E-state index is -0.534. The summed E-state index contributed by atoms with van der Waals surface area (Å²) in [7, 11) is 0. The van der Waals surface area contributed by atoms with Crippen molar-refractivity contribution >= 4 is 5.97 Å². The lowest BCUT2D eigenvalue weighted by atomic mass is 9.72. The Balaban J connectivity index is 2.44. The number of benzene rings is 2. The second kappa shape index (κ2) is 11.3. The van der Waals surface area contributed by atoms with Crippen molar-refractivity contribution in [1.29, 1.82) is 0 Å². The molecule has 0 aliphatic heterocycles. The molecule has 0 aliphatic carbocycles. The summed E-state index contributed by atoms with van der Waals surface area (Å²) in [6.07, 6.45) is 0.0772. The molecule has 0 aromatic heterocycles. The average molecular weight is 380 g/mol. The molecule has 0 saturated heterocycles. The molecular weight excluding hydrogens is 352 g/mol. The molecule has 4 heteroatoms. The van der Waals surface area contributed by atoms with E-state index in [0.29, 0.717) is 26.2 Å². The van der Waals surface area contributed by atoms with Gasteiger partial charge >= 0.3 is 5.97 Å². The smallest absolute Gasteiger partial charge is 0.384 e. The summed E-state index contributed by atoms with van der Waals surface area (Å²) in [6, 6.07) is 20.2. The maximum Gasteiger partial charge on any atom is 0.384 e. The van der Waals surface area contributed by atoms with E-state index >= 15 is 0 Å². The zero-order chi connectivity index (χ0) is 20.2. The van der Waals surface area contributed by atoms with Crippen molar-refractivity contribution in [2.45, 2.75) is 38.9 Å². The summed E-state index contributed by atoms with van der Waals surface area (Å²) in [5.74, 6) is 5.10. The van der Waals surface area contributed by atoms with Crippen LogP contribution in [-0.2, 0) is 24.4 Å². The predicted octanol–water partition coefficient (Wildman–Crippen LogP) is 4.33. The predicted molar refractivity (Wildman–Crippen MR) is 110 cm³/mol. The minimum Gasteiger partial charge on any atom is -0.456 e. The summed E-state index contributed by atoms with van der Waals surface area (Å²) in [5.41, 5.74) is 1.61. The Morgan fingerprint density at radius 3 is 2.00 bits per heavy atom. The molecular formula is C24H28O4. The molecule has 0 amide bonds. The summed E-state index contributed by atoms with van der Waals surface area (Å²) < 4.78 is 16.5. The third kappa shape index (κ3) is 5.95. The molecule has 148 valence electrons. The topological polar surface area (TPSA) is 44.8 Å². The molecule has 28 heavy (non-hydrogen) atoms. The maximum atomic E-state index is 11.7. The molecule has 2 aromatic rings. The Bertz CT molecular complexity index is 735. The van der Waals surface area contributed by atoms with Crippen molar-refractivity contribution in [3.05, 3.63) is 71.8 Å². The van der Waals surface area contributed by atoms with Gasteiger partial charge in [-0.3, -0.25) is 0 Å². The molecule has 0 saturated carbocycles. The molecule has 0 radical (unpaired) electrons. The van der Waals surface area contributed by atoms with Crippen molar-refractivity contribution in [3.8, 4) is 11.8 Å². The third-order valence-electron chi connectivity index (χ3n) is 4.47. The van der Waals surface area contributed by atoms with Crippen LogP contribution in [0.2, 0.25) is 0 Å². The van der Waals surface area contributed by atoms with Crippen molar-refractivity contribution in [3.63, 3.8) is 0 Å². The molecule has 0 heterocycles. The Kier molecular flexibility index (Phi) is 8.74. The Labute approximate surface area is 167 Å². The van der Waals surface area contributed by atoms with Gasteiger partial charge in [-0.25, -0.2) is 4.79 Å². The van der Waals surface area contributed by atoms with Crippen molar-refractivity contribution < 1.29 is 19.0 Å². The Hall–Kier alpha value is -2.61. The summed E-state index contributed by atoms with van der Waals surface area (Å²) in [5, 5.41) is 0. The first kappa shape index (κ1) is 21.7. The van der Waals surface area contributed by atoms with Gasteiger partial charge in [0.15, 0.2) is 6.29 Å². The highest BCUT2D eigenvalue weighted by Gasteiger charge is 2.34. The van der Waals surface area contributed by atoms with Crippen LogP contribution in [0.5, 0.6) is 0 Å². The van der Waals surface area contributed by atoms with Gasteiger partial charge in [0.1, 0.15) is 0 Å². The lowest BCUT2D eigenvalue weighted by Crippen LogP contribution is -2.35. The van der Waals surface area contributed by atoms with Gasteiger partial charge in [0.05, 0.1) is 18.6 Å². The van der Waals surface area contributed by atoms with E-state index in [1.54, 1.807) is 6.92 Å². The number of ether oxygens (including phenoxy) is 3. The van der Waals surface area contributed by atoms with E-state index < -0.39 is 11.4 Å². The lowest BCUT2D eigenvalue weighted by Gasteiger charge is -2.34. The van der Waals surface area contributed by atoms with E-state index in [1.807, 2.05) is 50.2 Å². The second-order valence-corrected chi connectivity index (χ2v) is 6.35. The number of carbonyl (C=O) groups excluding carboxylic acids is 1. The molecule has 0 aliphatic rings. The van der Waals surface area contributed by atoms with E-state index in [4.69, 9.17) is 14.2 Å². The molecule has 4 nitrogen and oxygen atoms in total. The van der Waals surface area contributed by atoms with Gasteiger partial charge in [-0.15, -0.1) is 0 Å². The maximum absolute atomic E-state index is 11.7. The zero-order valence-electron chi connectivity index (χ0n) is 16.8. The van der Waals surface area contributed by atoms with Crippen LogP contribution in [0.1, 0.15) is 38.3 Å². The van der Waals surface area contributed by atoms with Gasteiger partial charge < -0.3 is 14.2 Å². The van der Waals surface area contributed by atoms with Gasteiger partial charge in [-0.1, -0.05) is 66.6 Å². The molecule has 1 atom stereocenters. The van der Waals surface area contributed by atoms with E-state index in [-0.39, 0.29) is 6.29 Å². The van der Waals surface area contributed by atoms with Crippen molar-refractivity contribution in [2.24, 2.45) is 0 Å². The van der Waals surface area contributed by atoms with Gasteiger partial charge in [-0.05, 0) is 31.9 Å². The van der Waals surface area contributed by atoms with E-state index in [1.165, 1.54) is 0 Å². The molecule has 2 aromatic carbocycles. The van der Waals surface area contributed by atoms with Gasteiger partial charge in [0.2, 0.25) is 0 Å². The quantitative estimate of drug-likeness (QED) is 0.281. The fourth-order valence-electron chi connectivity index (χ4n) is 3.08. The fraction of sp³-hybridized carbons (Fsp3) is 0.375. The van der Waals surface area contributed by atoms with Crippen LogP contribution in [0.3, 0.4) is 0 Å². The first-order chi connectivity index (χ1) is 13.6. The highest BCUT2D eigenvalue weighted by atomic mass is 16.7. The number of hydrogen-bond donors (Lipinski definition) is 0. The van der Waals surface area contributed by atoms with Crippen LogP contribution in [0.4, 0.5) is 0 Å². The fourth-order valence-corrected chi connectivity index (χ4v) is 3.08. The van der Waals surface area contributed by atoms with E-state index in [9.17, 15) is 4.79 Å².